The SMILES string of the molecule is CCOC1CC(NC(=O)NCCC(=O)O)C1. The molecule has 92 valence electrons. The molecule has 0 aromatic heterocycles. The number of carboxylic acids is 1. The second-order valence-corrected chi connectivity index (χ2v) is 3.79. The van der Waals surface area contributed by atoms with Gasteiger partial charge in [-0.05, 0) is 19.8 Å². The van der Waals surface area contributed by atoms with Gasteiger partial charge in [-0.3, -0.25) is 4.79 Å². The summed E-state index contributed by atoms with van der Waals surface area (Å²) >= 11 is 0. The lowest BCUT2D eigenvalue weighted by Gasteiger charge is -2.35. The van der Waals surface area contributed by atoms with Crippen LogP contribution in [0.1, 0.15) is 26.2 Å². The van der Waals surface area contributed by atoms with E-state index in [0.717, 1.165) is 12.8 Å². The van der Waals surface area contributed by atoms with Crippen molar-refractivity contribution in [3.8, 4) is 0 Å². The Balaban J connectivity index is 2.01. The van der Waals surface area contributed by atoms with Gasteiger partial charge >= 0.3 is 12.0 Å². The molecule has 1 aliphatic rings. The molecule has 0 aliphatic heterocycles. The number of urea groups is 1. The van der Waals surface area contributed by atoms with Crippen LogP contribution in [0.4, 0.5) is 4.79 Å². The first-order valence-corrected chi connectivity index (χ1v) is 5.49. The largest absolute Gasteiger partial charge is 0.481 e. The van der Waals surface area contributed by atoms with Crippen molar-refractivity contribution in [2.24, 2.45) is 0 Å². The number of nitrogens with one attached hydrogen (secondary N) is 2. The van der Waals surface area contributed by atoms with Crippen LogP contribution in [0.25, 0.3) is 0 Å². The summed E-state index contributed by atoms with van der Waals surface area (Å²) in [5, 5.41) is 13.6. The van der Waals surface area contributed by atoms with Gasteiger partial charge in [0.1, 0.15) is 0 Å². The van der Waals surface area contributed by atoms with Crippen molar-refractivity contribution in [2.45, 2.75) is 38.3 Å². The van der Waals surface area contributed by atoms with Crippen LogP contribution in [-0.4, -0.2) is 42.4 Å². The summed E-state index contributed by atoms with van der Waals surface area (Å²) in [5.41, 5.74) is 0. The van der Waals surface area contributed by atoms with Gasteiger partial charge in [-0.25, -0.2) is 4.79 Å². The topological polar surface area (TPSA) is 87.7 Å². The number of ether oxygens (including phenoxy) is 1. The normalized spacial score (nSPS) is 23.3. The summed E-state index contributed by atoms with van der Waals surface area (Å²) in [6, 6.07) is -0.150. The van der Waals surface area contributed by atoms with E-state index in [4.69, 9.17) is 9.84 Å². The molecule has 1 rings (SSSR count). The maximum atomic E-state index is 11.2. The lowest BCUT2D eigenvalue weighted by molar-refractivity contribution is -0.136. The summed E-state index contributed by atoms with van der Waals surface area (Å²) in [6.07, 6.45) is 1.87. The van der Waals surface area contributed by atoms with Gasteiger partial charge in [-0.15, -0.1) is 0 Å². The van der Waals surface area contributed by atoms with Gasteiger partial charge in [-0.2, -0.15) is 0 Å². The van der Waals surface area contributed by atoms with Gasteiger partial charge in [0.15, 0.2) is 0 Å². The third-order valence-electron chi connectivity index (χ3n) is 2.46. The molecular formula is C10H18N2O4. The molecule has 0 aromatic carbocycles. The standard InChI is InChI=1S/C10H18N2O4/c1-2-16-8-5-7(6-8)12-10(15)11-4-3-9(13)14/h7-8H,2-6H2,1H3,(H,13,14)(H2,11,12,15). The molecule has 0 atom stereocenters. The van der Waals surface area contributed by atoms with E-state index < -0.39 is 5.97 Å². The fourth-order valence-electron chi connectivity index (χ4n) is 1.57. The number of rotatable bonds is 6. The van der Waals surface area contributed by atoms with Crippen LogP contribution >= 0.6 is 0 Å². The summed E-state index contributed by atoms with van der Waals surface area (Å²) in [6.45, 7) is 2.80. The minimum absolute atomic E-state index is 0.0559. The van der Waals surface area contributed by atoms with Crippen LogP contribution < -0.4 is 10.6 Å². The Labute approximate surface area is 94.3 Å². The summed E-state index contributed by atoms with van der Waals surface area (Å²) in [5.74, 6) is -0.916. The highest BCUT2D eigenvalue weighted by Crippen LogP contribution is 2.22. The number of carboxylic acid groups (broad SMARTS) is 1. The highest BCUT2D eigenvalue weighted by atomic mass is 16.5. The van der Waals surface area contributed by atoms with E-state index in [9.17, 15) is 9.59 Å². The van der Waals surface area contributed by atoms with Crippen molar-refractivity contribution in [3.63, 3.8) is 0 Å². The van der Waals surface area contributed by atoms with Crippen LogP contribution in [0.5, 0.6) is 0 Å². The maximum absolute atomic E-state index is 11.2. The third kappa shape index (κ3) is 4.48. The van der Waals surface area contributed by atoms with Crippen molar-refractivity contribution in [1.29, 1.82) is 0 Å². The Kier molecular flexibility index (Phi) is 5.04. The van der Waals surface area contributed by atoms with Gasteiger partial charge in [-0.1, -0.05) is 0 Å². The molecule has 0 aromatic rings. The summed E-state index contributed by atoms with van der Waals surface area (Å²) < 4.78 is 5.35. The third-order valence-corrected chi connectivity index (χ3v) is 2.46. The van der Waals surface area contributed by atoms with Gasteiger partial charge in [0.2, 0.25) is 0 Å². The van der Waals surface area contributed by atoms with E-state index in [1.165, 1.54) is 0 Å². The van der Waals surface area contributed by atoms with Crippen LogP contribution in [0.15, 0.2) is 0 Å². The number of hydrogen-bond donors (Lipinski definition) is 3. The van der Waals surface area contributed by atoms with E-state index in [0.29, 0.717) is 6.61 Å². The van der Waals surface area contributed by atoms with Crippen molar-refractivity contribution < 1.29 is 19.4 Å². The van der Waals surface area contributed by atoms with Crippen molar-refractivity contribution >= 4 is 12.0 Å². The number of carbonyl (C=O) groups excluding carboxylic acids is 1. The van der Waals surface area contributed by atoms with E-state index >= 15 is 0 Å². The fourth-order valence-corrected chi connectivity index (χ4v) is 1.57. The van der Waals surface area contributed by atoms with Crippen molar-refractivity contribution in [3.05, 3.63) is 0 Å². The van der Waals surface area contributed by atoms with Crippen molar-refractivity contribution in [1.82, 2.24) is 10.6 Å². The Morgan fingerprint density at radius 3 is 2.69 bits per heavy atom. The van der Waals surface area contributed by atoms with Crippen LogP contribution in [0, 0.1) is 0 Å². The molecule has 0 saturated heterocycles. The predicted octanol–water partition coefficient (Wildman–Crippen LogP) is 0.328. The monoisotopic (exact) mass is 230 g/mol. The minimum atomic E-state index is -0.916. The van der Waals surface area contributed by atoms with Crippen LogP contribution in [-0.2, 0) is 9.53 Å². The van der Waals surface area contributed by atoms with Gasteiger partial charge in [0.05, 0.1) is 12.5 Å². The second kappa shape index (κ2) is 6.32. The minimum Gasteiger partial charge on any atom is -0.481 e. The molecule has 16 heavy (non-hydrogen) atoms. The smallest absolute Gasteiger partial charge is 0.315 e. The highest BCUT2D eigenvalue weighted by Gasteiger charge is 2.30. The van der Waals surface area contributed by atoms with E-state index in [2.05, 4.69) is 10.6 Å². The molecule has 0 heterocycles. The van der Waals surface area contributed by atoms with E-state index in [1.807, 2.05) is 6.92 Å². The zero-order chi connectivity index (χ0) is 12.0. The van der Waals surface area contributed by atoms with Gasteiger partial charge < -0.3 is 20.5 Å². The predicted molar refractivity (Wildman–Crippen MR) is 57.2 cm³/mol. The van der Waals surface area contributed by atoms with Crippen LogP contribution in [0.2, 0.25) is 0 Å². The molecule has 0 spiro atoms. The maximum Gasteiger partial charge on any atom is 0.315 e. The molecule has 0 unspecified atom stereocenters. The number of amides is 2. The first kappa shape index (κ1) is 12.8. The number of aliphatic carboxylic acids is 1. The van der Waals surface area contributed by atoms with Gasteiger partial charge in [0, 0.05) is 19.2 Å². The fraction of sp³-hybridized carbons (Fsp3) is 0.800. The molecule has 1 fully saturated rings. The highest BCUT2D eigenvalue weighted by molar-refractivity contribution is 5.75. The first-order valence-electron chi connectivity index (χ1n) is 5.49. The molecule has 6 heteroatoms. The first-order chi connectivity index (χ1) is 7.61. The summed E-state index contributed by atoms with van der Waals surface area (Å²) in [4.78, 5) is 21.4. The van der Waals surface area contributed by atoms with E-state index in [-0.39, 0.29) is 31.1 Å². The molecule has 2 amide bonds. The second-order valence-electron chi connectivity index (χ2n) is 3.79. The lowest BCUT2D eigenvalue weighted by atomic mass is 9.89. The zero-order valence-corrected chi connectivity index (χ0v) is 9.36. The molecule has 0 radical (unpaired) electrons. The molecule has 0 bridgehead atoms. The Morgan fingerprint density at radius 2 is 2.12 bits per heavy atom. The Bertz CT molecular complexity index is 251. The van der Waals surface area contributed by atoms with Crippen molar-refractivity contribution in [2.75, 3.05) is 13.2 Å². The molecule has 3 N–H and O–H groups in total. The molecule has 1 aliphatic carbocycles. The Hall–Kier alpha value is -1.30. The average molecular weight is 230 g/mol. The molecule has 6 nitrogen and oxygen atoms in total. The number of hydrogen-bond acceptors (Lipinski definition) is 3. The summed E-state index contributed by atoms with van der Waals surface area (Å²) in [7, 11) is 0. The average Bonchev–Trinajstić information content (AvgIpc) is 2.14. The molecule has 1 saturated carbocycles. The zero-order valence-electron chi connectivity index (χ0n) is 9.36. The quantitative estimate of drug-likeness (QED) is 0.613. The van der Waals surface area contributed by atoms with Crippen LogP contribution in [0.3, 0.4) is 0 Å². The molecular weight excluding hydrogens is 212 g/mol. The van der Waals surface area contributed by atoms with E-state index in [1.54, 1.807) is 0 Å². The Morgan fingerprint density at radius 1 is 1.44 bits per heavy atom. The number of carbonyl (C=O) groups is 2. The lowest BCUT2D eigenvalue weighted by Crippen LogP contribution is -2.51. The van der Waals surface area contributed by atoms with Gasteiger partial charge in [0.25, 0.3) is 0 Å².